The van der Waals surface area contributed by atoms with Crippen LogP contribution in [0.15, 0.2) is 0 Å². The van der Waals surface area contributed by atoms with Crippen molar-refractivity contribution in [3.63, 3.8) is 0 Å². The van der Waals surface area contributed by atoms with E-state index >= 15 is 0 Å². The van der Waals surface area contributed by atoms with Gasteiger partial charge in [0.25, 0.3) is 0 Å². The molecule has 0 aromatic heterocycles. The highest BCUT2D eigenvalue weighted by molar-refractivity contribution is 5.14. The van der Waals surface area contributed by atoms with E-state index in [0.717, 1.165) is 19.5 Å². The van der Waals surface area contributed by atoms with Gasteiger partial charge in [-0.15, -0.1) is 0 Å². The van der Waals surface area contributed by atoms with Crippen LogP contribution in [-0.4, -0.2) is 66.3 Å². The molecule has 2 atom stereocenters. The first kappa shape index (κ1) is 17.9. The third-order valence-electron chi connectivity index (χ3n) is 4.76. The van der Waals surface area contributed by atoms with E-state index in [1.165, 1.54) is 0 Å². The summed E-state index contributed by atoms with van der Waals surface area (Å²) < 4.78 is 6.35. The Hall–Kier alpha value is -0.160. The van der Waals surface area contributed by atoms with E-state index in [9.17, 15) is 0 Å². The Morgan fingerprint density at radius 1 is 1.20 bits per heavy atom. The number of nitrogens with two attached hydrogens (primary N) is 1. The van der Waals surface area contributed by atoms with Crippen molar-refractivity contribution in [3.05, 3.63) is 0 Å². The largest absolute Gasteiger partial charge is 0.368 e. The smallest absolute Gasteiger partial charge is 0.0830 e. The molecule has 120 valence electrons. The highest BCUT2D eigenvalue weighted by atomic mass is 16.5. The molecule has 1 aliphatic rings. The van der Waals surface area contributed by atoms with Crippen LogP contribution in [-0.2, 0) is 4.74 Å². The molecule has 1 heterocycles. The summed E-state index contributed by atoms with van der Waals surface area (Å²) in [5.74, 6) is 0. The van der Waals surface area contributed by atoms with Crippen molar-refractivity contribution in [2.45, 2.75) is 70.7 Å². The first-order valence-corrected chi connectivity index (χ1v) is 7.83. The van der Waals surface area contributed by atoms with Gasteiger partial charge in [-0.3, -0.25) is 4.90 Å². The minimum atomic E-state index is -0.234. The molecule has 4 heteroatoms. The molecule has 0 spiro atoms. The van der Waals surface area contributed by atoms with Crippen molar-refractivity contribution in [2.24, 2.45) is 5.73 Å². The lowest BCUT2D eigenvalue weighted by Crippen LogP contribution is -2.66. The molecule has 1 aliphatic heterocycles. The third kappa shape index (κ3) is 3.19. The molecule has 1 saturated heterocycles. The van der Waals surface area contributed by atoms with Crippen LogP contribution in [0.5, 0.6) is 0 Å². The Kier molecular flexibility index (Phi) is 5.29. The predicted octanol–water partition coefficient (Wildman–Crippen LogP) is 1.93. The molecule has 2 unspecified atom stereocenters. The average Bonchev–Trinajstić information content (AvgIpc) is 2.43. The lowest BCUT2D eigenvalue weighted by molar-refractivity contribution is -0.110. The Morgan fingerprint density at radius 2 is 1.75 bits per heavy atom. The minimum Gasteiger partial charge on any atom is -0.368 e. The molecule has 0 aromatic carbocycles. The first-order chi connectivity index (χ1) is 9.01. The van der Waals surface area contributed by atoms with Crippen molar-refractivity contribution in [1.29, 1.82) is 0 Å². The number of ether oxygens (including phenoxy) is 1. The van der Waals surface area contributed by atoms with Gasteiger partial charge in [-0.2, -0.15) is 0 Å². The number of hydrogen-bond donors (Lipinski definition) is 1. The van der Waals surface area contributed by atoms with Crippen molar-refractivity contribution in [3.8, 4) is 0 Å². The van der Waals surface area contributed by atoms with Gasteiger partial charge < -0.3 is 15.4 Å². The van der Waals surface area contributed by atoms with Gasteiger partial charge in [0.1, 0.15) is 0 Å². The van der Waals surface area contributed by atoms with Crippen LogP contribution in [0.3, 0.4) is 0 Å². The zero-order chi connectivity index (χ0) is 15.8. The van der Waals surface area contributed by atoms with Gasteiger partial charge in [-0.25, -0.2) is 0 Å². The monoisotopic (exact) mass is 285 g/mol. The van der Waals surface area contributed by atoms with E-state index in [2.05, 4.69) is 65.4 Å². The van der Waals surface area contributed by atoms with Crippen LogP contribution >= 0.6 is 0 Å². The van der Waals surface area contributed by atoms with Gasteiger partial charge in [0.2, 0.25) is 0 Å². The van der Waals surface area contributed by atoms with Gasteiger partial charge in [0, 0.05) is 19.1 Å². The van der Waals surface area contributed by atoms with E-state index in [1.807, 2.05) is 0 Å². The summed E-state index contributed by atoms with van der Waals surface area (Å²) in [7, 11) is 4.25. The third-order valence-corrected chi connectivity index (χ3v) is 4.76. The molecule has 20 heavy (non-hydrogen) atoms. The van der Waals surface area contributed by atoms with Crippen molar-refractivity contribution >= 4 is 0 Å². The van der Waals surface area contributed by atoms with Crippen LogP contribution in [0.4, 0.5) is 0 Å². The molecule has 4 nitrogen and oxygen atoms in total. The molecule has 0 bridgehead atoms. The van der Waals surface area contributed by atoms with Gasteiger partial charge in [0.05, 0.1) is 16.7 Å². The van der Waals surface area contributed by atoms with Crippen LogP contribution in [0, 0.1) is 0 Å². The highest BCUT2D eigenvalue weighted by Gasteiger charge is 2.59. The standard InChI is InChI=1S/C16H35N3O/c1-9-19(13(2)10-18(7)8)16(12-17)11-14(3,4)20-15(16,5)6/h13H,9-12,17H2,1-8H3. The van der Waals surface area contributed by atoms with Crippen molar-refractivity contribution in [1.82, 2.24) is 9.80 Å². The summed E-state index contributed by atoms with van der Waals surface area (Å²) in [6.07, 6.45) is 0.981. The molecular formula is C16H35N3O. The van der Waals surface area contributed by atoms with Gasteiger partial charge in [-0.05, 0) is 61.7 Å². The lowest BCUT2D eigenvalue weighted by Gasteiger charge is -2.50. The van der Waals surface area contributed by atoms with Gasteiger partial charge in [0.15, 0.2) is 0 Å². The number of rotatable bonds is 6. The Bertz CT molecular complexity index is 328. The number of nitrogens with zero attached hydrogens (tertiary/aromatic N) is 2. The maximum Gasteiger partial charge on any atom is 0.0830 e. The fourth-order valence-electron chi connectivity index (χ4n) is 4.28. The SMILES string of the molecule is CCN(C(C)CN(C)C)C1(CN)CC(C)(C)OC1(C)C. The Morgan fingerprint density at radius 3 is 2.05 bits per heavy atom. The van der Waals surface area contributed by atoms with Crippen LogP contribution in [0.1, 0.15) is 48.0 Å². The molecular weight excluding hydrogens is 250 g/mol. The normalized spacial score (nSPS) is 30.1. The first-order valence-electron chi connectivity index (χ1n) is 7.83. The Labute approximate surface area is 125 Å². The summed E-state index contributed by atoms with van der Waals surface area (Å²) >= 11 is 0. The van der Waals surface area contributed by atoms with Crippen LogP contribution in [0.25, 0.3) is 0 Å². The molecule has 0 saturated carbocycles. The maximum atomic E-state index is 6.35. The van der Waals surface area contributed by atoms with E-state index < -0.39 is 0 Å². The Balaban J connectivity index is 3.13. The molecule has 0 amide bonds. The topological polar surface area (TPSA) is 41.7 Å². The second kappa shape index (κ2) is 5.91. The quantitative estimate of drug-likeness (QED) is 0.810. The molecule has 0 aromatic rings. The van der Waals surface area contributed by atoms with Crippen molar-refractivity contribution < 1.29 is 4.74 Å². The summed E-state index contributed by atoms with van der Waals surface area (Å²) in [6.45, 7) is 15.9. The summed E-state index contributed by atoms with van der Waals surface area (Å²) in [4.78, 5) is 4.80. The summed E-state index contributed by atoms with van der Waals surface area (Å²) in [5, 5.41) is 0. The lowest BCUT2D eigenvalue weighted by atomic mass is 9.76. The number of hydrogen-bond acceptors (Lipinski definition) is 4. The molecule has 0 aliphatic carbocycles. The number of likely N-dealkylation sites (N-methyl/N-ethyl adjacent to an activating group) is 2. The fourth-order valence-corrected chi connectivity index (χ4v) is 4.28. The van der Waals surface area contributed by atoms with E-state index in [4.69, 9.17) is 10.5 Å². The molecule has 0 radical (unpaired) electrons. The van der Waals surface area contributed by atoms with E-state index in [0.29, 0.717) is 12.6 Å². The minimum absolute atomic E-state index is 0.0966. The van der Waals surface area contributed by atoms with E-state index in [-0.39, 0.29) is 16.7 Å². The van der Waals surface area contributed by atoms with Crippen molar-refractivity contribution in [2.75, 3.05) is 33.7 Å². The van der Waals surface area contributed by atoms with Crippen LogP contribution < -0.4 is 5.73 Å². The van der Waals surface area contributed by atoms with E-state index in [1.54, 1.807) is 0 Å². The predicted molar refractivity (Wildman–Crippen MR) is 86.0 cm³/mol. The highest BCUT2D eigenvalue weighted by Crippen LogP contribution is 2.48. The average molecular weight is 285 g/mol. The van der Waals surface area contributed by atoms with Gasteiger partial charge >= 0.3 is 0 Å². The second-order valence-electron chi connectivity index (χ2n) is 7.68. The zero-order valence-corrected chi connectivity index (χ0v) is 14.8. The zero-order valence-electron chi connectivity index (χ0n) is 14.8. The maximum absolute atomic E-state index is 6.35. The summed E-state index contributed by atoms with van der Waals surface area (Å²) in [5.41, 5.74) is 5.83. The van der Waals surface area contributed by atoms with Crippen LogP contribution in [0.2, 0.25) is 0 Å². The van der Waals surface area contributed by atoms with Gasteiger partial charge in [-0.1, -0.05) is 6.92 Å². The molecule has 1 fully saturated rings. The molecule has 1 rings (SSSR count). The second-order valence-corrected chi connectivity index (χ2v) is 7.68. The molecule has 2 N–H and O–H groups in total. The fraction of sp³-hybridized carbons (Fsp3) is 1.00. The summed E-state index contributed by atoms with van der Waals surface area (Å²) in [6, 6.07) is 0.454.